The van der Waals surface area contributed by atoms with Crippen molar-refractivity contribution in [3.05, 3.63) is 95.1 Å². The molecule has 0 unspecified atom stereocenters. The molecular weight excluding hydrogens is 566 g/mol. The number of hydrogen-bond acceptors (Lipinski definition) is 10. The maximum atomic E-state index is 13.0. The van der Waals surface area contributed by atoms with E-state index in [-0.39, 0.29) is 17.5 Å². The molecule has 5 rings (SSSR count). The van der Waals surface area contributed by atoms with Crippen LogP contribution in [0.25, 0.3) is 0 Å². The van der Waals surface area contributed by atoms with Crippen molar-refractivity contribution in [3.63, 3.8) is 0 Å². The number of rotatable bonds is 10. The minimum atomic E-state index is -3.77. The molecule has 1 saturated heterocycles. The second kappa shape index (κ2) is 12.9. The summed E-state index contributed by atoms with van der Waals surface area (Å²) in [4.78, 5) is 15.4. The predicted octanol–water partition coefficient (Wildman–Crippen LogP) is 4.21. The van der Waals surface area contributed by atoms with Gasteiger partial charge in [0.2, 0.25) is 0 Å². The van der Waals surface area contributed by atoms with Crippen molar-refractivity contribution >= 4 is 45.3 Å². The molecule has 0 aliphatic carbocycles. The lowest BCUT2D eigenvalue weighted by atomic mass is 10.2. The number of anilines is 3. The molecule has 1 aliphatic rings. The fourth-order valence-corrected chi connectivity index (χ4v) is 5.21. The first-order chi connectivity index (χ1) is 19.9. The Kier molecular flexibility index (Phi) is 8.92. The standard InChI is InChI=1S/C28H28ClN7O4S/c1-35(26-4-2-3-13-30-26)41(37,38)24-11-7-22(8-12-24)20-40-28-32-25(18-27(33-28)36-14-16-39-17-15-36)34-31-19-21-5-9-23(29)10-6-21/h2-13,18-19H,14-17,20H2,1H3,(H,32,33,34)/b31-19+. The molecule has 1 aliphatic heterocycles. The second-order valence-corrected chi connectivity index (χ2v) is 11.4. The molecule has 0 bridgehead atoms. The SMILES string of the molecule is CN(c1ccccn1)S(=O)(=O)c1ccc(COc2nc(N/N=C/c3ccc(Cl)cc3)cc(N3CCOCC3)n2)cc1. The Balaban J connectivity index is 1.29. The largest absolute Gasteiger partial charge is 0.458 e. The molecule has 0 spiro atoms. The summed E-state index contributed by atoms with van der Waals surface area (Å²) in [5, 5.41) is 4.93. The Hall–Kier alpha value is -4.26. The van der Waals surface area contributed by atoms with Gasteiger partial charge in [-0.3, -0.25) is 9.73 Å². The van der Waals surface area contributed by atoms with Crippen molar-refractivity contribution in [2.24, 2.45) is 5.10 Å². The molecule has 212 valence electrons. The van der Waals surface area contributed by atoms with Crippen LogP contribution < -0.4 is 19.4 Å². The van der Waals surface area contributed by atoms with Gasteiger partial charge in [-0.25, -0.2) is 13.4 Å². The molecule has 13 heteroatoms. The minimum Gasteiger partial charge on any atom is -0.458 e. The number of hydrazone groups is 1. The molecule has 4 aromatic rings. The van der Waals surface area contributed by atoms with Crippen LogP contribution in [0.5, 0.6) is 6.01 Å². The maximum Gasteiger partial charge on any atom is 0.320 e. The van der Waals surface area contributed by atoms with Gasteiger partial charge in [0, 0.05) is 37.4 Å². The first kappa shape index (κ1) is 28.3. The number of ether oxygens (including phenoxy) is 2. The van der Waals surface area contributed by atoms with Gasteiger partial charge in [-0.1, -0.05) is 41.9 Å². The van der Waals surface area contributed by atoms with Crippen LogP contribution in [0.4, 0.5) is 17.5 Å². The van der Waals surface area contributed by atoms with Gasteiger partial charge in [-0.05, 0) is 47.5 Å². The van der Waals surface area contributed by atoms with Crippen molar-refractivity contribution in [2.75, 3.05) is 48.0 Å². The molecule has 3 heterocycles. The molecule has 0 saturated carbocycles. The quantitative estimate of drug-likeness (QED) is 0.213. The highest BCUT2D eigenvalue weighted by atomic mass is 35.5. The summed E-state index contributed by atoms with van der Waals surface area (Å²) in [6, 6.07) is 20.8. The molecular formula is C28H28ClN7O4S. The first-order valence-electron chi connectivity index (χ1n) is 12.8. The molecule has 2 aromatic carbocycles. The van der Waals surface area contributed by atoms with E-state index >= 15 is 0 Å². The van der Waals surface area contributed by atoms with E-state index in [1.807, 2.05) is 12.1 Å². The van der Waals surface area contributed by atoms with Crippen molar-refractivity contribution in [1.82, 2.24) is 15.0 Å². The third kappa shape index (κ3) is 7.28. The van der Waals surface area contributed by atoms with Gasteiger partial charge in [0.05, 0.1) is 24.3 Å². The van der Waals surface area contributed by atoms with Gasteiger partial charge < -0.3 is 14.4 Å². The van der Waals surface area contributed by atoms with E-state index in [9.17, 15) is 8.42 Å². The lowest BCUT2D eigenvalue weighted by Gasteiger charge is -2.28. The zero-order valence-corrected chi connectivity index (χ0v) is 23.8. The van der Waals surface area contributed by atoms with Crippen molar-refractivity contribution in [2.45, 2.75) is 11.5 Å². The Bertz CT molecular complexity index is 1580. The van der Waals surface area contributed by atoms with Crippen LogP contribution in [0, 0.1) is 0 Å². The van der Waals surface area contributed by atoms with E-state index in [1.54, 1.807) is 60.9 Å². The molecule has 41 heavy (non-hydrogen) atoms. The maximum absolute atomic E-state index is 13.0. The second-order valence-electron chi connectivity index (χ2n) is 9.01. The highest BCUT2D eigenvalue weighted by molar-refractivity contribution is 7.92. The normalized spacial score (nSPS) is 13.8. The number of aromatic nitrogens is 3. The summed E-state index contributed by atoms with van der Waals surface area (Å²) >= 11 is 5.95. The van der Waals surface area contributed by atoms with Crippen LogP contribution in [0.15, 0.2) is 89.0 Å². The van der Waals surface area contributed by atoms with Gasteiger partial charge in [0.25, 0.3) is 10.0 Å². The number of nitrogens with zero attached hydrogens (tertiary/aromatic N) is 6. The Morgan fingerprint density at radius 2 is 1.83 bits per heavy atom. The first-order valence-corrected chi connectivity index (χ1v) is 14.6. The van der Waals surface area contributed by atoms with Crippen molar-refractivity contribution in [1.29, 1.82) is 0 Å². The Morgan fingerprint density at radius 3 is 2.54 bits per heavy atom. The molecule has 1 fully saturated rings. The minimum absolute atomic E-state index is 0.135. The molecule has 0 atom stereocenters. The third-order valence-electron chi connectivity index (χ3n) is 6.21. The van der Waals surface area contributed by atoms with Gasteiger partial charge >= 0.3 is 6.01 Å². The number of halogens is 1. The van der Waals surface area contributed by atoms with Gasteiger partial charge in [0.15, 0.2) is 5.82 Å². The summed E-state index contributed by atoms with van der Waals surface area (Å²) in [5.74, 6) is 1.47. The summed E-state index contributed by atoms with van der Waals surface area (Å²) in [6.07, 6.45) is 3.21. The van der Waals surface area contributed by atoms with Crippen LogP contribution >= 0.6 is 11.6 Å². The van der Waals surface area contributed by atoms with E-state index < -0.39 is 10.0 Å². The number of hydrogen-bond donors (Lipinski definition) is 1. The summed E-state index contributed by atoms with van der Waals surface area (Å²) in [7, 11) is -2.30. The van der Waals surface area contributed by atoms with Crippen LogP contribution in [0.2, 0.25) is 5.02 Å². The van der Waals surface area contributed by atoms with Crippen LogP contribution in [0.3, 0.4) is 0 Å². The van der Waals surface area contributed by atoms with Crippen LogP contribution in [-0.4, -0.2) is 62.9 Å². The zero-order valence-electron chi connectivity index (χ0n) is 22.2. The molecule has 0 amide bonds. The van der Waals surface area contributed by atoms with E-state index in [0.29, 0.717) is 48.8 Å². The van der Waals surface area contributed by atoms with Gasteiger partial charge in [-0.2, -0.15) is 15.1 Å². The third-order valence-corrected chi connectivity index (χ3v) is 8.24. The number of nitrogens with one attached hydrogen (secondary N) is 1. The average Bonchev–Trinajstić information content (AvgIpc) is 3.01. The Labute approximate surface area is 243 Å². The van der Waals surface area contributed by atoms with Crippen LogP contribution in [-0.2, 0) is 21.4 Å². The number of morpholine rings is 1. The highest BCUT2D eigenvalue weighted by Gasteiger charge is 2.22. The van der Waals surface area contributed by atoms with E-state index in [4.69, 9.17) is 21.1 Å². The van der Waals surface area contributed by atoms with Gasteiger partial charge in [-0.15, -0.1) is 0 Å². The Morgan fingerprint density at radius 1 is 1.07 bits per heavy atom. The fourth-order valence-electron chi connectivity index (χ4n) is 3.94. The molecule has 2 aromatic heterocycles. The lowest BCUT2D eigenvalue weighted by molar-refractivity contribution is 0.122. The number of benzene rings is 2. The summed E-state index contributed by atoms with van der Waals surface area (Å²) < 4.78 is 38.6. The molecule has 11 nitrogen and oxygen atoms in total. The van der Waals surface area contributed by atoms with E-state index in [0.717, 1.165) is 15.4 Å². The topological polar surface area (TPSA) is 122 Å². The predicted molar refractivity (Wildman–Crippen MR) is 158 cm³/mol. The van der Waals surface area contributed by atoms with Crippen LogP contribution in [0.1, 0.15) is 11.1 Å². The van der Waals surface area contributed by atoms with Crippen molar-refractivity contribution in [3.8, 4) is 6.01 Å². The average molecular weight is 594 g/mol. The number of sulfonamides is 1. The monoisotopic (exact) mass is 593 g/mol. The van der Waals surface area contributed by atoms with E-state index in [2.05, 4.69) is 30.4 Å². The molecule has 1 N–H and O–H groups in total. The smallest absolute Gasteiger partial charge is 0.320 e. The summed E-state index contributed by atoms with van der Waals surface area (Å²) in [6.45, 7) is 2.71. The highest BCUT2D eigenvalue weighted by Crippen LogP contribution is 2.23. The van der Waals surface area contributed by atoms with Crippen molar-refractivity contribution < 1.29 is 17.9 Å². The van der Waals surface area contributed by atoms with Gasteiger partial charge in [0.1, 0.15) is 18.2 Å². The van der Waals surface area contributed by atoms with E-state index in [1.165, 1.54) is 19.2 Å². The fraction of sp³-hybridized carbons (Fsp3) is 0.214. The lowest BCUT2D eigenvalue weighted by Crippen LogP contribution is -2.36. The molecule has 0 radical (unpaired) electrons. The number of pyridine rings is 1. The summed E-state index contributed by atoms with van der Waals surface area (Å²) in [5.41, 5.74) is 4.57. The zero-order chi connectivity index (χ0) is 28.7.